The van der Waals surface area contributed by atoms with Crippen molar-refractivity contribution in [3.05, 3.63) is 0 Å². The van der Waals surface area contributed by atoms with Gasteiger partial charge in [-0.15, -0.1) is 4.76 Å². The summed E-state index contributed by atoms with van der Waals surface area (Å²) in [4.78, 5) is 26.4. The molecule has 0 saturated heterocycles. The molecule has 0 aromatic heterocycles. The van der Waals surface area contributed by atoms with Crippen LogP contribution in [0.1, 0.15) is 0 Å². The number of guanidine groups is 1. The van der Waals surface area contributed by atoms with Gasteiger partial charge in [-0.3, -0.25) is 5.43 Å². The summed E-state index contributed by atoms with van der Waals surface area (Å²) >= 11 is 0. The number of hydrazine groups is 1. The molecule has 0 heterocycles. The van der Waals surface area contributed by atoms with Crippen molar-refractivity contribution >= 4 is 19.7 Å². The van der Waals surface area contributed by atoms with E-state index in [2.05, 4.69) is 10.5 Å². The van der Waals surface area contributed by atoms with Crippen molar-refractivity contribution in [2.75, 3.05) is 0 Å². The van der Waals surface area contributed by atoms with Gasteiger partial charge in [0.25, 0.3) is 0 Å². The van der Waals surface area contributed by atoms with Gasteiger partial charge in [-0.05, 0) is 0 Å². The minimum absolute atomic E-state index is 0.637. The van der Waals surface area contributed by atoms with Crippen LogP contribution in [0.3, 0.4) is 0 Å². The van der Waals surface area contributed by atoms with Crippen molar-refractivity contribution in [3.63, 3.8) is 0 Å². The first-order valence-corrected chi connectivity index (χ1v) is 4.10. The molecular weight excluding hydrogens is 189 g/mol. The SMILES string of the molecule is NC(=O)NNC(N)=NP(=O)(O)O. The molecule has 0 spiro atoms. The lowest BCUT2D eigenvalue weighted by Gasteiger charge is -2.04. The van der Waals surface area contributed by atoms with Crippen LogP contribution < -0.4 is 22.3 Å². The molecule has 10 heteroatoms. The summed E-state index contributed by atoms with van der Waals surface area (Å²) in [6.45, 7) is 0. The van der Waals surface area contributed by atoms with Crippen LogP contribution in [0.15, 0.2) is 4.76 Å². The summed E-state index contributed by atoms with van der Waals surface area (Å²) in [6.07, 6.45) is 0. The molecule has 0 saturated carbocycles. The maximum Gasteiger partial charge on any atom is 0.451 e. The van der Waals surface area contributed by atoms with E-state index in [4.69, 9.17) is 15.5 Å². The molecule has 70 valence electrons. The first-order valence-electron chi connectivity index (χ1n) is 2.54. The van der Waals surface area contributed by atoms with E-state index in [-0.39, 0.29) is 0 Å². The highest BCUT2D eigenvalue weighted by Crippen LogP contribution is 2.35. The highest BCUT2D eigenvalue weighted by molar-refractivity contribution is 7.50. The normalized spacial score (nSPS) is 12.3. The van der Waals surface area contributed by atoms with Gasteiger partial charge in [0.15, 0.2) is 0 Å². The molecule has 9 nitrogen and oxygen atoms in total. The van der Waals surface area contributed by atoms with E-state index in [1.807, 2.05) is 5.43 Å². The number of amides is 2. The minimum atomic E-state index is -4.57. The van der Waals surface area contributed by atoms with Crippen LogP contribution in [0.2, 0.25) is 0 Å². The number of hydrogen-bond acceptors (Lipinski definition) is 2. The number of primary amides is 1. The Morgan fingerprint density at radius 1 is 1.33 bits per heavy atom. The zero-order chi connectivity index (χ0) is 9.78. The van der Waals surface area contributed by atoms with E-state index in [0.29, 0.717) is 0 Å². The van der Waals surface area contributed by atoms with Crippen LogP contribution >= 0.6 is 7.75 Å². The second-order valence-corrected chi connectivity index (χ2v) is 2.84. The monoisotopic (exact) mass is 197 g/mol. The molecule has 12 heavy (non-hydrogen) atoms. The molecule has 0 rings (SSSR count). The van der Waals surface area contributed by atoms with Crippen LogP contribution in [0, 0.1) is 0 Å². The molecule has 0 bridgehead atoms. The Labute approximate surface area is 67.0 Å². The number of rotatable bonds is 1. The van der Waals surface area contributed by atoms with E-state index < -0.39 is 19.7 Å². The molecule has 0 atom stereocenters. The van der Waals surface area contributed by atoms with Crippen molar-refractivity contribution in [1.29, 1.82) is 0 Å². The van der Waals surface area contributed by atoms with Gasteiger partial charge < -0.3 is 21.3 Å². The molecule has 8 N–H and O–H groups in total. The maximum atomic E-state index is 10.1. The largest absolute Gasteiger partial charge is 0.451 e. The molecule has 2 amide bonds. The smallest absolute Gasteiger partial charge is 0.368 e. The Morgan fingerprint density at radius 3 is 2.17 bits per heavy atom. The van der Waals surface area contributed by atoms with E-state index in [1.165, 1.54) is 0 Å². The average molecular weight is 197 g/mol. The summed E-state index contributed by atoms with van der Waals surface area (Å²) in [7, 11) is -4.57. The molecule has 0 aliphatic carbocycles. The Hall–Kier alpha value is -1.31. The third-order valence-corrected chi connectivity index (χ3v) is 1.03. The Kier molecular flexibility index (Phi) is 3.48. The minimum Gasteiger partial charge on any atom is -0.368 e. The molecule has 0 aliphatic heterocycles. The van der Waals surface area contributed by atoms with Crippen LogP contribution in [0.25, 0.3) is 0 Å². The van der Waals surface area contributed by atoms with Gasteiger partial charge >= 0.3 is 13.8 Å². The van der Waals surface area contributed by atoms with Crippen LogP contribution in [0.4, 0.5) is 4.79 Å². The van der Waals surface area contributed by atoms with Gasteiger partial charge in [-0.1, -0.05) is 0 Å². The Bertz CT molecular complexity index is 244. The number of nitrogens with two attached hydrogens (primary N) is 2. The van der Waals surface area contributed by atoms with Gasteiger partial charge in [0.2, 0.25) is 5.96 Å². The predicted octanol–water partition coefficient (Wildman–Crippen LogP) is -2.43. The quantitative estimate of drug-likeness (QED) is 0.118. The first-order chi connectivity index (χ1) is 5.31. The van der Waals surface area contributed by atoms with Gasteiger partial charge in [-0.2, -0.15) is 0 Å². The predicted molar refractivity (Wildman–Crippen MR) is 39.5 cm³/mol. The zero-order valence-corrected chi connectivity index (χ0v) is 6.65. The lowest BCUT2D eigenvalue weighted by Crippen LogP contribution is -2.47. The number of hydrogen-bond donors (Lipinski definition) is 6. The first kappa shape index (κ1) is 10.7. The lowest BCUT2D eigenvalue weighted by molar-refractivity contribution is 0.247. The molecule has 0 aromatic carbocycles. The lowest BCUT2D eigenvalue weighted by atomic mass is 11.0. The highest BCUT2D eigenvalue weighted by atomic mass is 31.2. The highest BCUT2D eigenvalue weighted by Gasteiger charge is 2.10. The van der Waals surface area contributed by atoms with Gasteiger partial charge in [-0.25, -0.2) is 14.8 Å². The summed E-state index contributed by atoms with van der Waals surface area (Å²) in [5.74, 6) is -0.637. The molecule has 0 aromatic rings. The third kappa shape index (κ3) is 6.81. The van der Waals surface area contributed by atoms with Gasteiger partial charge in [0, 0.05) is 0 Å². The zero-order valence-electron chi connectivity index (χ0n) is 5.76. The Balaban J connectivity index is 4.04. The number of nitrogens with zero attached hydrogens (tertiary/aromatic N) is 1. The molecule has 0 aliphatic rings. The maximum absolute atomic E-state index is 10.1. The van der Waals surface area contributed by atoms with E-state index >= 15 is 0 Å². The van der Waals surface area contributed by atoms with Gasteiger partial charge in [0.05, 0.1) is 0 Å². The summed E-state index contributed by atoms with van der Waals surface area (Å²) in [5, 5.41) is 0. The summed E-state index contributed by atoms with van der Waals surface area (Å²) in [5.41, 5.74) is 13.1. The van der Waals surface area contributed by atoms with E-state index in [0.717, 1.165) is 0 Å². The molecule has 0 unspecified atom stereocenters. The number of nitrogens with one attached hydrogen (secondary N) is 2. The van der Waals surface area contributed by atoms with Crippen molar-refractivity contribution < 1.29 is 19.1 Å². The van der Waals surface area contributed by atoms with Crippen molar-refractivity contribution in [2.24, 2.45) is 16.2 Å². The van der Waals surface area contributed by atoms with E-state index in [1.54, 1.807) is 5.43 Å². The van der Waals surface area contributed by atoms with Crippen molar-refractivity contribution in [2.45, 2.75) is 0 Å². The van der Waals surface area contributed by atoms with Crippen LogP contribution in [-0.4, -0.2) is 21.8 Å². The average Bonchev–Trinajstić information content (AvgIpc) is 1.79. The number of urea groups is 1. The topological polar surface area (TPSA) is 163 Å². The fraction of sp³-hybridized carbons (Fsp3) is 0. The van der Waals surface area contributed by atoms with Crippen LogP contribution in [0.5, 0.6) is 0 Å². The fourth-order valence-electron chi connectivity index (χ4n) is 0.291. The number of carbonyl (C=O) groups excluding carboxylic acids is 1. The summed E-state index contributed by atoms with van der Waals surface area (Å²) < 4.78 is 12.8. The second kappa shape index (κ2) is 3.90. The van der Waals surface area contributed by atoms with Crippen LogP contribution in [-0.2, 0) is 4.57 Å². The molecule has 0 fully saturated rings. The number of carbonyl (C=O) groups is 1. The van der Waals surface area contributed by atoms with E-state index in [9.17, 15) is 9.36 Å². The van der Waals surface area contributed by atoms with Crippen molar-refractivity contribution in [3.8, 4) is 0 Å². The molecule has 0 radical (unpaired) electrons. The molecular formula is C2H8N5O4P. The summed E-state index contributed by atoms with van der Waals surface area (Å²) in [6, 6.07) is -0.959. The standard InChI is InChI=1S/C2H8N5O4P/c3-1(5-6-2(4)8)7-12(9,10)11/h(H3,4,6,8)(H5,3,5,7,9,10,11). The van der Waals surface area contributed by atoms with Crippen molar-refractivity contribution in [1.82, 2.24) is 10.9 Å². The van der Waals surface area contributed by atoms with Gasteiger partial charge in [0.1, 0.15) is 0 Å². The Morgan fingerprint density at radius 2 is 1.83 bits per heavy atom. The fourth-order valence-corrected chi connectivity index (χ4v) is 0.622. The third-order valence-electron chi connectivity index (χ3n) is 0.552. The second-order valence-electron chi connectivity index (χ2n) is 1.61.